The van der Waals surface area contributed by atoms with Gasteiger partial charge >= 0.3 is 0 Å². The van der Waals surface area contributed by atoms with Crippen molar-refractivity contribution in [2.24, 2.45) is 0 Å². The SMILES string of the molecule is CCOc1ccc(S(=O)(=O)N[C@H](C)C(=O)NCCN2CCOCC2)cc1Cl. The highest BCUT2D eigenvalue weighted by molar-refractivity contribution is 7.89. The summed E-state index contributed by atoms with van der Waals surface area (Å²) in [7, 11) is -3.88. The van der Waals surface area contributed by atoms with Crippen molar-refractivity contribution in [3.8, 4) is 5.75 Å². The van der Waals surface area contributed by atoms with Crippen LogP contribution in [-0.2, 0) is 19.6 Å². The molecule has 0 radical (unpaired) electrons. The summed E-state index contributed by atoms with van der Waals surface area (Å²) in [4.78, 5) is 14.3. The largest absolute Gasteiger partial charge is 0.492 e. The van der Waals surface area contributed by atoms with Gasteiger partial charge in [0.25, 0.3) is 0 Å². The molecule has 2 rings (SSSR count). The van der Waals surface area contributed by atoms with Gasteiger partial charge in [0.15, 0.2) is 0 Å². The van der Waals surface area contributed by atoms with Gasteiger partial charge in [-0.05, 0) is 32.0 Å². The maximum atomic E-state index is 12.5. The summed E-state index contributed by atoms with van der Waals surface area (Å²) in [5, 5.41) is 2.94. The minimum Gasteiger partial charge on any atom is -0.492 e. The van der Waals surface area contributed by atoms with E-state index in [1.807, 2.05) is 6.92 Å². The lowest BCUT2D eigenvalue weighted by Gasteiger charge is -2.26. The fourth-order valence-electron chi connectivity index (χ4n) is 2.59. The van der Waals surface area contributed by atoms with Crippen LogP contribution in [0, 0.1) is 0 Å². The van der Waals surface area contributed by atoms with Crippen molar-refractivity contribution < 1.29 is 22.7 Å². The van der Waals surface area contributed by atoms with E-state index in [0.717, 1.165) is 13.1 Å². The van der Waals surface area contributed by atoms with Gasteiger partial charge in [0, 0.05) is 26.2 Å². The summed E-state index contributed by atoms with van der Waals surface area (Å²) in [5.41, 5.74) is 0. The fraction of sp³-hybridized carbons (Fsp3) is 0.588. The Morgan fingerprint density at radius 1 is 1.37 bits per heavy atom. The number of carbonyl (C=O) groups is 1. The maximum absolute atomic E-state index is 12.5. The molecular formula is C17H26ClN3O5S. The average Bonchev–Trinajstić information content (AvgIpc) is 2.64. The van der Waals surface area contributed by atoms with E-state index in [0.29, 0.717) is 38.7 Å². The molecule has 0 aliphatic carbocycles. The molecule has 0 unspecified atom stereocenters. The van der Waals surface area contributed by atoms with Crippen LogP contribution >= 0.6 is 11.6 Å². The normalized spacial score (nSPS) is 16.7. The first-order valence-electron chi connectivity index (χ1n) is 8.86. The van der Waals surface area contributed by atoms with E-state index >= 15 is 0 Å². The van der Waals surface area contributed by atoms with Crippen molar-refractivity contribution in [3.63, 3.8) is 0 Å². The Morgan fingerprint density at radius 2 is 2.07 bits per heavy atom. The van der Waals surface area contributed by atoms with Crippen LogP contribution in [0.1, 0.15) is 13.8 Å². The molecule has 10 heteroatoms. The molecule has 0 spiro atoms. The first-order valence-corrected chi connectivity index (χ1v) is 10.7. The highest BCUT2D eigenvalue weighted by atomic mass is 35.5. The zero-order valence-corrected chi connectivity index (χ0v) is 17.1. The van der Waals surface area contributed by atoms with Crippen molar-refractivity contribution in [2.45, 2.75) is 24.8 Å². The molecule has 0 bridgehead atoms. The van der Waals surface area contributed by atoms with Crippen LogP contribution in [0.2, 0.25) is 5.02 Å². The molecule has 1 saturated heterocycles. The smallest absolute Gasteiger partial charge is 0.241 e. The van der Waals surface area contributed by atoms with E-state index < -0.39 is 16.1 Å². The van der Waals surface area contributed by atoms with E-state index in [1.165, 1.54) is 25.1 Å². The molecular weight excluding hydrogens is 394 g/mol. The second-order valence-electron chi connectivity index (χ2n) is 6.11. The monoisotopic (exact) mass is 419 g/mol. The number of benzene rings is 1. The molecule has 152 valence electrons. The number of amides is 1. The zero-order chi connectivity index (χ0) is 19.9. The average molecular weight is 420 g/mol. The molecule has 1 aromatic rings. The topological polar surface area (TPSA) is 97.0 Å². The Hall–Kier alpha value is -1.39. The summed E-state index contributed by atoms with van der Waals surface area (Å²) >= 11 is 6.05. The predicted octanol–water partition coefficient (Wildman–Crippen LogP) is 0.854. The first-order chi connectivity index (χ1) is 12.8. The van der Waals surface area contributed by atoms with Crippen LogP contribution in [0.25, 0.3) is 0 Å². The minimum atomic E-state index is -3.88. The van der Waals surface area contributed by atoms with Crippen molar-refractivity contribution >= 4 is 27.5 Å². The Labute approximate surface area is 165 Å². The number of halogens is 1. The Morgan fingerprint density at radius 3 is 2.70 bits per heavy atom. The summed E-state index contributed by atoms with van der Waals surface area (Å²) in [5.74, 6) is 0.0240. The van der Waals surface area contributed by atoms with Crippen molar-refractivity contribution in [2.75, 3.05) is 46.0 Å². The lowest BCUT2D eigenvalue weighted by atomic mass is 10.3. The Bertz CT molecular complexity index is 738. The molecule has 1 aromatic carbocycles. The summed E-state index contributed by atoms with van der Waals surface area (Å²) in [6.45, 7) is 7.91. The second-order valence-corrected chi connectivity index (χ2v) is 8.23. The van der Waals surface area contributed by atoms with Crippen LogP contribution in [-0.4, -0.2) is 71.3 Å². The maximum Gasteiger partial charge on any atom is 0.241 e. The van der Waals surface area contributed by atoms with Gasteiger partial charge in [0.05, 0.1) is 35.8 Å². The van der Waals surface area contributed by atoms with Crippen LogP contribution in [0.15, 0.2) is 23.1 Å². The lowest BCUT2D eigenvalue weighted by molar-refractivity contribution is -0.122. The first kappa shape index (κ1) is 21.9. The third-order valence-corrected chi connectivity index (χ3v) is 5.90. The van der Waals surface area contributed by atoms with E-state index in [9.17, 15) is 13.2 Å². The van der Waals surface area contributed by atoms with Crippen LogP contribution in [0.3, 0.4) is 0 Å². The summed E-state index contributed by atoms with van der Waals surface area (Å²) < 4.78 is 37.9. The standard InChI is InChI=1S/C17H26ClN3O5S/c1-3-26-16-5-4-14(12-15(16)18)27(23,24)20-13(2)17(22)19-6-7-21-8-10-25-11-9-21/h4-5,12-13,20H,3,6-11H2,1-2H3,(H,19,22)/t13-/m1/s1. The third-order valence-electron chi connectivity index (χ3n) is 4.07. The number of nitrogens with zero attached hydrogens (tertiary/aromatic N) is 1. The second kappa shape index (κ2) is 10.2. The number of sulfonamides is 1. The number of hydrogen-bond donors (Lipinski definition) is 2. The molecule has 1 amide bonds. The van der Waals surface area contributed by atoms with Gasteiger partial charge < -0.3 is 14.8 Å². The highest BCUT2D eigenvalue weighted by Crippen LogP contribution is 2.27. The number of hydrogen-bond acceptors (Lipinski definition) is 6. The number of nitrogens with one attached hydrogen (secondary N) is 2. The Kier molecular flexibility index (Phi) is 8.30. The van der Waals surface area contributed by atoms with Gasteiger partial charge in [-0.1, -0.05) is 11.6 Å². The molecule has 1 aliphatic rings. The molecule has 1 fully saturated rings. The van der Waals surface area contributed by atoms with E-state index in [-0.39, 0.29) is 15.8 Å². The van der Waals surface area contributed by atoms with Crippen molar-refractivity contribution in [1.82, 2.24) is 14.9 Å². The molecule has 0 saturated carbocycles. The van der Waals surface area contributed by atoms with E-state index in [4.69, 9.17) is 21.1 Å². The molecule has 1 aliphatic heterocycles. The number of morpholine rings is 1. The zero-order valence-electron chi connectivity index (χ0n) is 15.5. The molecule has 2 N–H and O–H groups in total. The molecule has 0 aromatic heterocycles. The lowest BCUT2D eigenvalue weighted by Crippen LogP contribution is -2.47. The molecule has 8 nitrogen and oxygen atoms in total. The predicted molar refractivity (Wildman–Crippen MR) is 103 cm³/mol. The van der Waals surface area contributed by atoms with Crippen LogP contribution in [0.4, 0.5) is 0 Å². The summed E-state index contributed by atoms with van der Waals surface area (Å²) in [6.07, 6.45) is 0. The quantitative estimate of drug-likeness (QED) is 0.616. The number of rotatable bonds is 9. The van der Waals surface area contributed by atoms with Crippen molar-refractivity contribution in [1.29, 1.82) is 0 Å². The number of carbonyl (C=O) groups excluding carboxylic acids is 1. The minimum absolute atomic E-state index is 0.0241. The van der Waals surface area contributed by atoms with Crippen molar-refractivity contribution in [3.05, 3.63) is 23.2 Å². The van der Waals surface area contributed by atoms with Gasteiger partial charge in [-0.2, -0.15) is 4.72 Å². The molecule has 1 atom stereocenters. The van der Waals surface area contributed by atoms with Crippen LogP contribution < -0.4 is 14.8 Å². The summed E-state index contributed by atoms with van der Waals surface area (Å²) in [6, 6.07) is 3.28. The van der Waals surface area contributed by atoms with E-state index in [2.05, 4.69) is 14.9 Å². The van der Waals surface area contributed by atoms with Crippen LogP contribution in [0.5, 0.6) is 5.75 Å². The van der Waals surface area contributed by atoms with Gasteiger partial charge in [-0.25, -0.2) is 8.42 Å². The van der Waals surface area contributed by atoms with Gasteiger partial charge in [0.2, 0.25) is 15.9 Å². The Balaban J connectivity index is 1.87. The van der Waals surface area contributed by atoms with Gasteiger partial charge in [-0.15, -0.1) is 0 Å². The van der Waals surface area contributed by atoms with E-state index in [1.54, 1.807) is 0 Å². The number of ether oxygens (including phenoxy) is 2. The fourth-order valence-corrected chi connectivity index (χ4v) is 4.12. The molecule has 27 heavy (non-hydrogen) atoms. The third kappa shape index (κ3) is 6.62. The van der Waals surface area contributed by atoms with Gasteiger partial charge in [0.1, 0.15) is 5.75 Å². The molecule has 1 heterocycles. The van der Waals surface area contributed by atoms with Gasteiger partial charge in [-0.3, -0.25) is 9.69 Å². The highest BCUT2D eigenvalue weighted by Gasteiger charge is 2.23.